The fourth-order valence-corrected chi connectivity index (χ4v) is 2.43. The third-order valence-corrected chi connectivity index (χ3v) is 3.57. The zero-order valence-electron chi connectivity index (χ0n) is 11.5. The largest absolute Gasteiger partial charge is 0.324 e. The summed E-state index contributed by atoms with van der Waals surface area (Å²) in [6.07, 6.45) is 0.767. The zero-order valence-corrected chi connectivity index (χ0v) is 11.5. The van der Waals surface area contributed by atoms with Crippen molar-refractivity contribution in [2.75, 3.05) is 18.4 Å². The molecule has 0 saturated carbocycles. The highest BCUT2D eigenvalue weighted by molar-refractivity contribution is 5.89. The number of halogens is 1. The summed E-state index contributed by atoms with van der Waals surface area (Å²) in [5.41, 5.74) is 1.08. The Kier molecular flexibility index (Phi) is 3.51. The van der Waals surface area contributed by atoms with Crippen LogP contribution in [0.3, 0.4) is 0 Å². The smallest absolute Gasteiger partial charge is 0.321 e. The van der Waals surface area contributed by atoms with Crippen LogP contribution in [-0.4, -0.2) is 44.6 Å². The van der Waals surface area contributed by atoms with Gasteiger partial charge in [0.2, 0.25) is 0 Å². The number of likely N-dealkylation sites (tertiary alicyclic amines) is 1. The molecule has 3 rings (SSSR count). The minimum atomic E-state index is -0.442. The van der Waals surface area contributed by atoms with Crippen LogP contribution in [0.25, 0.3) is 0 Å². The summed E-state index contributed by atoms with van der Waals surface area (Å²) in [4.78, 5) is 13.8. The number of nitrogens with one attached hydrogen (secondary N) is 2. The molecule has 1 aromatic heterocycles. The molecule has 1 unspecified atom stereocenters. The number of aryl methyl sites for hydroxylation is 1. The lowest BCUT2D eigenvalue weighted by molar-refractivity contribution is 0.222. The molecule has 21 heavy (non-hydrogen) atoms. The van der Waals surface area contributed by atoms with Gasteiger partial charge in [-0.1, -0.05) is 11.3 Å². The minimum absolute atomic E-state index is 0.0665. The minimum Gasteiger partial charge on any atom is -0.324 e. The molecule has 110 valence electrons. The van der Waals surface area contributed by atoms with E-state index in [1.165, 1.54) is 6.07 Å². The van der Waals surface area contributed by atoms with Gasteiger partial charge in [-0.25, -0.2) is 9.18 Å². The van der Waals surface area contributed by atoms with Crippen LogP contribution < -0.4 is 5.32 Å². The predicted octanol–water partition coefficient (Wildman–Crippen LogP) is 1.67. The number of anilines is 1. The van der Waals surface area contributed by atoms with Crippen LogP contribution in [0, 0.1) is 12.7 Å². The molecule has 1 aliphatic heterocycles. The van der Waals surface area contributed by atoms with Gasteiger partial charge in [0.15, 0.2) is 5.82 Å². The molecule has 0 bridgehead atoms. The van der Waals surface area contributed by atoms with Crippen molar-refractivity contribution < 1.29 is 9.18 Å². The quantitative estimate of drug-likeness (QED) is 0.880. The molecule has 1 saturated heterocycles. The molecule has 2 heterocycles. The van der Waals surface area contributed by atoms with Crippen molar-refractivity contribution in [2.24, 2.45) is 0 Å². The summed E-state index contributed by atoms with van der Waals surface area (Å²) >= 11 is 0. The number of aromatic nitrogens is 4. The Hall–Kier alpha value is -2.51. The van der Waals surface area contributed by atoms with E-state index in [1.807, 2.05) is 6.92 Å². The maximum Gasteiger partial charge on any atom is 0.321 e. The molecule has 2 aromatic rings. The van der Waals surface area contributed by atoms with E-state index in [2.05, 4.69) is 25.9 Å². The van der Waals surface area contributed by atoms with Crippen LogP contribution in [0.15, 0.2) is 18.2 Å². The Labute approximate surface area is 120 Å². The summed E-state index contributed by atoms with van der Waals surface area (Å²) in [7, 11) is 0. The topological polar surface area (TPSA) is 86.8 Å². The van der Waals surface area contributed by atoms with Crippen molar-refractivity contribution >= 4 is 11.7 Å². The van der Waals surface area contributed by atoms with Crippen LogP contribution in [0.2, 0.25) is 0 Å². The average molecular weight is 290 g/mol. The summed E-state index contributed by atoms with van der Waals surface area (Å²) in [6, 6.07) is 4.30. The van der Waals surface area contributed by atoms with E-state index in [-0.39, 0.29) is 17.6 Å². The molecule has 8 heteroatoms. The third kappa shape index (κ3) is 2.83. The van der Waals surface area contributed by atoms with Crippen molar-refractivity contribution in [3.63, 3.8) is 0 Å². The number of rotatable bonds is 2. The molecular formula is C13H15FN6O. The molecule has 1 fully saturated rings. The number of hydrogen-bond donors (Lipinski definition) is 2. The van der Waals surface area contributed by atoms with E-state index in [9.17, 15) is 9.18 Å². The lowest BCUT2D eigenvalue weighted by atomic mass is 10.1. The SMILES string of the molecule is Cc1ccc(F)c(NC(=O)N2CCC(c3nn[nH]n3)C2)c1. The maximum atomic E-state index is 13.7. The average Bonchev–Trinajstić information content (AvgIpc) is 3.12. The van der Waals surface area contributed by atoms with Gasteiger partial charge in [-0.15, -0.1) is 10.2 Å². The van der Waals surface area contributed by atoms with Gasteiger partial charge in [0.25, 0.3) is 0 Å². The van der Waals surface area contributed by atoms with Gasteiger partial charge in [-0.3, -0.25) is 0 Å². The lowest BCUT2D eigenvalue weighted by Crippen LogP contribution is -2.33. The van der Waals surface area contributed by atoms with Gasteiger partial charge in [0.1, 0.15) is 5.82 Å². The first kappa shape index (κ1) is 13.5. The molecule has 7 nitrogen and oxygen atoms in total. The van der Waals surface area contributed by atoms with Crippen LogP contribution >= 0.6 is 0 Å². The number of aromatic amines is 1. The number of carbonyl (C=O) groups excluding carboxylic acids is 1. The number of amides is 2. The second-order valence-electron chi connectivity index (χ2n) is 5.12. The number of benzene rings is 1. The molecule has 2 N–H and O–H groups in total. The van der Waals surface area contributed by atoms with Crippen LogP contribution in [0.4, 0.5) is 14.9 Å². The van der Waals surface area contributed by atoms with Crippen molar-refractivity contribution in [1.82, 2.24) is 25.5 Å². The van der Waals surface area contributed by atoms with Gasteiger partial charge >= 0.3 is 6.03 Å². The first-order valence-corrected chi connectivity index (χ1v) is 6.69. The van der Waals surface area contributed by atoms with Crippen LogP contribution in [0.1, 0.15) is 23.7 Å². The summed E-state index contributed by atoms with van der Waals surface area (Å²) in [5, 5.41) is 16.4. The fourth-order valence-electron chi connectivity index (χ4n) is 2.43. The molecule has 1 aliphatic rings. The Balaban J connectivity index is 1.65. The molecule has 1 aromatic carbocycles. The van der Waals surface area contributed by atoms with Crippen LogP contribution in [-0.2, 0) is 0 Å². The van der Waals surface area contributed by atoms with Crippen molar-refractivity contribution in [3.05, 3.63) is 35.4 Å². The number of nitrogens with zero attached hydrogens (tertiary/aromatic N) is 4. The third-order valence-electron chi connectivity index (χ3n) is 3.57. The molecule has 1 atom stereocenters. The highest BCUT2D eigenvalue weighted by atomic mass is 19.1. The highest BCUT2D eigenvalue weighted by Crippen LogP contribution is 2.25. The van der Waals surface area contributed by atoms with E-state index in [1.54, 1.807) is 17.0 Å². The van der Waals surface area contributed by atoms with E-state index < -0.39 is 5.82 Å². The standard InChI is InChI=1S/C13H15FN6O/c1-8-2-3-10(14)11(6-8)15-13(21)20-5-4-9(7-20)12-16-18-19-17-12/h2-3,6,9H,4-5,7H2,1H3,(H,15,21)(H,16,17,18,19). The molecule has 0 spiro atoms. The molecule has 0 radical (unpaired) electrons. The van der Waals surface area contributed by atoms with Crippen molar-refractivity contribution in [1.29, 1.82) is 0 Å². The summed E-state index contributed by atoms with van der Waals surface area (Å²) < 4.78 is 13.7. The Morgan fingerprint density at radius 1 is 1.52 bits per heavy atom. The van der Waals surface area contributed by atoms with Gasteiger partial charge in [-0.05, 0) is 31.0 Å². The predicted molar refractivity (Wildman–Crippen MR) is 73.3 cm³/mol. The molecule has 0 aliphatic carbocycles. The monoisotopic (exact) mass is 290 g/mol. The highest BCUT2D eigenvalue weighted by Gasteiger charge is 2.30. The normalized spacial score (nSPS) is 18.0. The first-order valence-electron chi connectivity index (χ1n) is 6.69. The van der Waals surface area contributed by atoms with E-state index in [4.69, 9.17) is 0 Å². The Morgan fingerprint density at radius 2 is 2.38 bits per heavy atom. The summed E-state index contributed by atoms with van der Waals surface area (Å²) in [5.74, 6) is 0.228. The molecular weight excluding hydrogens is 275 g/mol. The Morgan fingerprint density at radius 3 is 3.14 bits per heavy atom. The lowest BCUT2D eigenvalue weighted by Gasteiger charge is -2.17. The number of hydrogen-bond acceptors (Lipinski definition) is 4. The number of H-pyrrole nitrogens is 1. The van der Waals surface area contributed by atoms with E-state index >= 15 is 0 Å². The maximum absolute atomic E-state index is 13.7. The van der Waals surface area contributed by atoms with Crippen LogP contribution in [0.5, 0.6) is 0 Å². The first-order chi connectivity index (χ1) is 10.1. The van der Waals surface area contributed by atoms with Gasteiger partial charge < -0.3 is 10.2 Å². The van der Waals surface area contributed by atoms with Gasteiger partial charge in [-0.2, -0.15) is 5.21 Å². The number of urea groups is 1. The number of carbonyl (C=O) groups is 1. The zero-order chi connectivity index (χ0) is 14.8. The summed E-state index contributed by atoms with van der Waals surface area (Å²) in [6.45, 7) is 2.93. The van der Waals surface area contributed by atoms with Gasteiger partial charge in [0, 0.05) is 19.0 Å². The van der Waals surface area contributed by atoms with E-state index in [0.717, 1.165) is 12.0 Å². The second kappa shape index (κ2) is 5.47. The van der Waals surface area contributed by atoms with Gasteiger partial charge in [0.05, 0.1) is 5.69 Å². The number of tetrazole rings is 1. The second-order valence-corrected chi connectivity index (χ2v) is 5.12. The van der Waals surface area contributed by atoms with E-state index in [0.29, 0.717) is 18.9 Å². The molecule has 2 amide bonds. The van der Waals surface area contributed by atoms with Crippen molar-refractivity contribution in [2.45, 2.75) is 19.3 Å². The Bertz CT molecular complexity index is 644. The van der Waals surface area contributed by atoms with Crippen molar-refractivity contribution in [3.8, 4) is 0 Å². The fraction of sp³-hybridized carbons (Fsp3) is 0.385.